The second kappa shape index (κ2) is 10.9. The van der Waals surface area contributed by atoms with Crippen molar-refractivity contribution in [3.8, 4) is 17.1 Å². The summed E-state index contributed by atoms with van der Waals surface area (Å²) in [6, 6.07) is 5.57. The highest BCUT2D eigenvalue weighted by molar-refractivity contribution is 9.10. The van der Waals surface area contributed by atoms with Crippen molar-refractivity contribution in [2.75, 3.05) is 0 Å². The molecule has 0 atom stereocenters. The van der Waals surface area contributed by atoms with Crippen molar-refractivity contribution in [1.29, 1.82) is 0 Å². The van der Waals surface area contributed by atoms with Gasteiger partial charge in [0.25, 0.3) is 0 Å². The molecule has 5 heteroatoms. The van der Waals surface area contributed by atoms with Crippen molar-refractivity contribution in [3.05, 3.63) is 40.6 Å². The SMILES string of the molecule is CCCCCC1CCC(c2cnc(-c3ccc(OC(=O)CC)c(Br)c3)nc2)CC1. The average molecular weight is 459 g/mol. The molecule has 0 N–H and O–H groups in total. The van der Waals surface area contributed by atoms with E-state index in [1.807, 2.05) is 24.5 Å². The highest BCUT2D eigenvalue weighted by Gasteiger charge is 2.22. The molecule has 3 rings (SSSR count). The lowest BCUT2D eigenvalue weighted by Gasteiger charge is -2.28. The van der Waals surface area contributed by atoms with Gasteiger partial charge in [-0.3, -0.25) is 4.79 Å². The topological polar surface area (TPSA) is 52.1 Å². The smallest absolute Gasteiger partial charge is 0.310 e. The summed E-state index contributed by atoms with van der Waals surface area (Å²) in [5.41, 5.74) is 2.16. The first-order valence-electron chi connectivity index (χ1n) is 10.9. The minimum atomic E-state index is -0.251. The Morgan fingerprint density at radius 3 is 2.45 bits per heavy atom. The van der Waals surface area contributed by atoms with Crippen LogP contribution in [0, 0.1) is 5.92 Å². The van der Waals surface area contributed by atoms with E-state index in [-0.39, 0.29) is 5.97 Å². The molecular weight excluding hydrogens is 428 g/mol. The van der Waals surface area contributed by atoms with Crippen LogP contribution in [-0.4, -0.2) is 15.9 Å². The van der Waals surface area contributed by atoms with E-state index in [9.17, 15) is 4.79 Å². The van der Waals surface area contributed by atoms with Gasteiger partial charge in [0.15, 0.2) is 5.82 Å². The first-order valence-corrected chi connectivity index (χ1v) is 11.7. The fourth-order valence-corrected chi connectivity index (χ4v) is 4.54. The molecule has 0 saturated heterocycles. The standard InChI is InChI=1S/C24H31BrN2O2/c1-3-5-6-7-17-8-10-18(11-9-17)20-15-26-24(27-16-20)19-12-13-22(21(25)14-19)29-23(28)4-2/h12-18H,3-11H2,1-2H3. The summed E-state index contributed by atoms with van der Waals surface area (Å²) in [5.74, 6) is 2.47. The van der Waals surface area contributed by atoms with Crippen molar-refractivity contribution in [2.45, 2.75) is 77.6 Å². The van der Waals surface area contributed by atoms with Gasteiger partial charge in [0.05, 0.1) is 4.47 Å². The second-order valence-electron chi connectivity index (χ2n) is 8.03. The largest absolute Gasteiger partial charge is 0.425 e. The van der Waals surface area contributed by atoms with E-state index in [4.69, 9.17) is 4.74 Å². The Hall–Kier alpha value is -1.75. The fourth-order valence-electron chi connectivity index (χ4n) is 4.08. The Kier molecular flexibility index (Phi) is 8.22. The molecule has 0 radical (unpaired) electrons. The average Bonchev–Trinajstić information content (AvgIpc) is 2.76. The van der Waals surface area contributed by atoms with Crippen LogP contribution in [0.1, 0.15) is 83.1 Å². The van der Waals surface area contributed by atoms with E-state index >= 15 is 0 Å². The molecule has 156 valence electrons. The molecule has 1 heterocycles. The third kappa shape index (κ3) is 6.11. The van der Waals surface area contributed by atoms with Crippen molar-refractivity contribution < 1.29 is 9.53 Å². The van der Waals surface area contributed by atoms with Gasteiger partial charge < -0.3 is 4.74 Å². The molecule has 1 aliphatic carbocycles. The van der Waals surface area contributed by atoms with Crippen LogP contribution in [-0.2, 0) is 4.79 Å². The van der Waals surface area contributed by atoms with Crippen LogP contribution in [0.4, 0.5) is 0 Å². The Morgan fingerprint density at radius 1 is 1.10 bits per heavy atom. The second-order valence-corrected chi connectivity index (χ2v) is 8.88. The molecule has 29 heavy (non-hydrogen) atoms. The summed E-state index contributed by atoms with van der Waals surface area (Å²) in [4.78, 5) is 20.7. The Labute approximate surface area is 182 Å². The molecular formula is C24H31BrN2O2. The van der Waals surface area contributed by atoms with Crippen LogP contribution in [0.5, 0.6) is 5.75 Å². The zero-order valence-electron chi connectivity index (χ0n) is 17.5. The molecule has 1 saturated carbocycles. The van der Waals surface area contributed by atoms with Gasteiger partial charge in [-0.1, -0.05) is 39.5 Å². The highest BCUT2D eigenvalue weighted by Crippen LogP contribution is 2.37. The lowest BCUT2D eigenvalue weighted by Crippen LogP contribution is -2.14. The number of benzene rings is 1. The number of carbonyl (C=O) groups excluding carboxylic acids is 1. The molecule has 4 nitrogen and oxygen atoms in total. The molecule has 1 fully saturated rings. The van der Waals surface area contributed by atoms with Gasteiger partial charge >= 0.3 is 5.97 Å². The van der Waals surface area contributed by atoms with E-state index in [0.29, 0.717) is 23.9 Å². The third-order valence-corrected chi connectivity index (χ3v) is 6.53. The summed E-state index contributed by atoms with van der Waals surface area (Å²) >= 11 is 3.47. The Balaban J connectivity index is 1.59. The van der Waals surface area contributed by atoms with Gasteiger partial charge in [0.2, 0.25) is 0 Å². The van der Waals surface area contributed by atoms with Gasteiger partial charge in [0.1, 0.15) is 5.75 Å². The minimum absolute atomic E-state index is 0.251. The van der Waals surface area contributed by atoms with Crippen molar-refractivity contribution in [1.82, 2.24) is 9.97 Å². The molecule has 0 spiro atoms. The number of carbonyl (C=O) groups is 1. The molecule has 2 aromatic rings. The van der Waals surface area contributed by atoms with Crippen molar-refractivity contribution in [3.63, 3.8) is 0 Å². The number of rotatable bonds is 8. The van der Waals surface area contributed by atoms with Gasteiger partial charge in [-0.05, 0) is 77.2 Å². The molecule has 1 aromatic heterocycles. The normalized spacial score (nSPS) is 19.1. The number of unbranched alkanes of at least 4 members (excludes halogenated alkanes) is 2. The lowest BCUT2D eigenvalue weighted by molar-refractivity contribution is -0.134. The number of esters is 1. The van der Waals surface area contributed by atoms with Gasteiger partial charge in [0, 0.05) is 24.4 Å². The van der Waals surface area contributed by atoms with Gasteiger partial charge in [-0.25, -0.2) is 9.97 Å². The minimum Gasteiger partial charge on any atom is -0.425 e. The number of nitrogens with zero attached hydrogens (tertiary/aromatic N) is 2. The summed E-state index contributed by atoms with van der Waals surface area (Å²) < 4.78 is 6.02. The molecule has 1 aromatic carbocycles. The number of aromatic nitrogens is 2. The number of hydrogen-bond donors (Lipinski definition) is 0. The zero-order chi connectivity index (χ0) is 20.6. The molecule has 0 unspecified atom stereocenters. The van der Waals surface area contributed by atoms with Gasteiger partial charge in [-0.2, -0.15) is 0 Å². The van der Waals surface area contributed by atoms with E-state index in [0.717, 1.165) is 16.0 Å². The maximum Gasteiger partial charge on any atom is 0.310 e. The lowest BCUT2D eigenvalue weighted by atomic mass is 9.77. The quantitative estimate of drug-likeness (QED) is 0.241. The van der Waals surface area contributed by atoms with Crippen LogP contribution >= 0.6 is 15.9 Å². The van der Waals surface area contributed by atoms with E-state index in [1.54, 1.807) is 13.0 Å². The molecule has 0 amide bonds. The molecule has 0 aliphatic heterocycles. The first-order chi connectivity index (χ1) is 14.1. The van der Waals surface area contributed by atoms with E-state index in [2.05, 4.69) is 32.8 Å². The fraction of sp³-hybridized carbons (Fsp3) is 0.542. The van der Waals surface area contributed by atoms with Crippen LogP contribution < -0.4 is 4.74 Å². The van der Waals surface area contributed by atoms with Crippen LogP contribution in [0.15, 0.2) is 35.1 Å². The summed E-state index contributed by atoms with van der Waals surface area (Å²) in [7, 11) is 0. The predicted octanol–water partition coefficient (Wildman–Crippen LogP) is 7.08. The van der Waals surface area contributed by atoms with Crippen LogP contribution in [0.25, 0.3) is 11.4 Å². The van der Waals surface area contributed by atoms with Gasteiger partial charge in [-0.15, -0.1) is 0 Å². The van der Waals surface area contributed by atoms with Crippen LogP contribution in [0.3, 0.4) is 0 Å². The van der Waals surface area contributed by atoms with E-state index in [1.165, 1.54) is 56.9 Å². The van der Waals surface area contributed by atoms with E-state index < -0.39 is 0 Å². The zero-order valence-corrected chi connectivity index (χ0v) is 19.1. The third-order valence-electron chi connectivity index (χ3n) is 5.91. The van der Waals surface area contributed by atoms with Crippen LogP contribution in [0.2, 0.25) is 0 Å². The maximum absolute atomic E-state index is 11.5. The monoisotopic (exact) mass is 458 g/mol. The van der Waals surface area contributed by atoms with Crippen molar-refractivity contribution in [2.24, 2.45) is 5.92 Å². The maximum atomic E-state index is 11.5. The Morgan fingerprint density at radius 2 is 1.83 bits per heavy atom. The summed E-state index contributed by atoms with van der Waals surface area (Å²) in [6.45, 7) is 4.05. The Bertz CT molecular complexity index is 799. The highest BCUT2D eigenvalue weighted by atomic mass is 79.9. The van der Waals surface area contributed by atoms with Crippen molar-refractivity contribution >= 4 is 21.9 Å². The summed E-state index contributed by atoms with van der Waals surface area (Å²) in [5, 5.41) is 0. The molecule has 0 bridgehead atoms. The number of halogens is 1. The first kappa shape index (κ1) is 21.9. The summed E-state index contributed by atoms with van der Waals surface area (Å²) in [6.07, 6.45) is 15.0. The number of hydrogen-bond acceptors (Lipinski definition) is 4. The number of ether oxygens (including phenoxy) is 1. The predicted molar refractivity (Wildman–Crippen MR) is 120 cm³/mol. The molecule has 1 aliphatic rings.